The Bertz CT molecular complexity index is 234. The molecule has 0 radical (unpaired) electrons. The summed E-state index contributed by atoms with van der Waals surface area (Å²) in [4.78, 5) is 10.4. The van der Waals surface area contributed by atoms with E-state index in [2.05, 4.69) is 0 Å². The molecule has 0 aliphatic carbocycles. The van der Waals surface area contributed by atoms with Crippen LogP contribution in [0.5, 0.6) is 0 Å². The van der Waals surface area contributed by atoms with Gasteiger partial charge in [0.15, 0.2) is 0 Å². The van der Waals surface area contributed by atoms with E-state index in [-0.39, 0.29) is 7.40 Å². The van der Waals surface area contributed by atoms with Crippen molar-refractivity contribution in [1.82, 2.24) is 0 Å². The zero-order valence-corrected chi connectivity index (χ0v) is 8.41. The molecule has 0 aromatic heterocycles. The van der Waals surface area contributed by atoms with Crippen molar-refractivity contribution in [2.45, 2.75) is 27.4 Å². The maximum absolute atomic E-state index is 10.4. The molecule has 0 aliphatic heterocycles. The molecular weight excluding hydrogens is 164 g/mol. The van der Waals surface area contributed by atoms with Gasteiger partial charge in [-0.2, -0.15) is 0 Å². The quantitative estimate of drug-likeness (QED) is 0.657. The molecule has 1 aromatic rings. The summed E-state index contributed by atoms with van der Waals surface area (Å²) in [6, 6.07) is 9.60. The van der Waals surface area contributed by atoms with Gasteiger partial charge in [0, 0.05) is 8.35 Å². The fourth-order valence-electron chi connectivity index (χ4n) is 0.759. The first-order valence-electron chi connectivity index (χ1n) is 4.46. The smallest absolute Gasteiger partial charge is 0.302 e. The van der Waals surface area contributed by atoms with Crippen molar-refractivity contribution in [3.8, 4) is 0 Å². The van der Waals surface area contributed by atoms with Crippen LogP contribution in [0.25, 0.3) is 0 Å². The molecule has 74 valence electrons. The summed E-state index contributed by atoms with van der Waals surface area (Å²) in [6.07, 6.45) is 0. The van der Waals surface area contributed by atoms with Crippen LogP contribution in [0.15, 0.2) is 30.3 Å². The van der Waals surface area contributed by atoms with E-state index in [0.717, 1.165) is 5.56 Å². The summed E-state index contributed by atoms with van der Waals surface area (Å²) in [6.45, 7) is 5.78. The number of ether oxygens (including phenoxy) is 1. The van der Waals surface area contributed by atoms with Crippen molar-refractivity contribution in [3.05, 3.63) is 35.9 Å². The van der Waals surface area contributed by atoms with Crippen LogP contribution < -0.4 is 0 Å². The van der Waals surface area contributed by atoms with Gasteiger partial charge < -0.3 is 4.74 Å². The molecule has 0 aliphatic rings. The number of carbonyl (C=O) groups excluding carboxylic acids is 1. The number of esters is 1. The lowest BCUT2D eigenvalue weighted by Gasteiger charge is -1.99. The van der Waals surface area contributed by atoms with Crippen molar-refractivity contribution < 1.29 is 11.0 Å². The van der Waals surface area contributed by atoms with Gasteiger partial charge in [-0.25, -0.2) is 0 Å². The predicted molar refractivity (Wildman–Crippen MR) is 55.4 cm³/mol. The summed E-state index contributed by atoms with van der Waals surface area (Å²) in [5.41, 5.74) is 1.02. The average molecular weight is 182 g/mol. The van der Waals surface area contributed by atoms with E-state index in [0.29, 0.717) is 6.61 Å². The Kier molecular flexibility index (Phi) is 6.60. The molecule has 0 spiro atoms. The van der Waals surface area contributed by atoms with E-state index >= 15 is 0 Å². The van der Waals surface area contributed by atoms with E-state index in [1.54, 1.807) is 0 Å². The van der Waals surface area contributed by atoms with Gasteiger partial charge in [0.1, 0.15) is 6.61 Å². The summed E-state index contributed by atoms with van der Waals surface area (Å²) in [5.74, 6) is -0.242. The van der Waals surface area contributed by atoms with Crippen LogP contribution in [0, 0.1) is 0 Å². The van der Waals surface area contributed by atoms with Gasteiger partial charge in [-0.15, -0.1) is 0 Å². The topological polar surface area (TPSA) is 26.3 Å². The fraction of sp³-hybridized carbons (Fsp3) is 0.364. The molecule has 1 aromatic carbocycles. The lowest BCUT2D eigenvalue weighted by atomic mass is 10.2. The molecule has 0 atom stereocenters. The number of rotatable bonds is 2. The van der Waals surface area contributed by atoms with Crippen molar-refractivity contribution in [2.24, 2.45) is 0 Å². The molecule has 0 unspecified atom stereocenters. The highest BCUT2D eigenvalue weighted by Crippen LogP contribution is 1.99. The molecule has 13 heavy (non-hydrogen) atoms. The number of benzene rings is 1. The van der Waals surface area contributed by atoms with Crippen LogP contribution in [0.4, 0.5) is 0 Å². The Hall–Kier alpha value is -1.31. The molecule has 0 saturated heterocycles. The standard InChI is InChI=1S/C9H10O2.C2H6.H2/c1-8(10)11-7-9-5-3-2-4-6-9;1-2;/h2-6H,7H2,1H3;1-2H3;1H. The summed E-state index contributed by atoms with van der Waals surface area (Å²) < 4.78 is 4.79. The fourth-order valence-corrected chi connectivity index (χ4v) is 0.759. The molecule has 0 bridgehead atoms. The second kappa shape index (κ2) is 7.35. The minimum atomic E-state index is -0.242. The SMILES string of the molecule is CC.CC(=O)OCc1ccccc1.[HH]. The van der Waals surface area contributed by atoms with E-state index in [1.807, 2.05) is 44.2 Å². The van der Waals surface area contributed by atoms with Crippen LogP contribution in [0.3, 0.4) is 0 Å². The second-order valence-corrected chi connectivity index (χ2v) is 2.27. The summed E-state index contributed by atoms with van der Waals surface area (Å²) in [7, 11) is 0. The first-order chi connectivity index (χ1) is 6.29. The third kappa shape index (κ3) is 5.91. The first-order valence-corrected chi connectivity index (χ1v) is 4.46. The van der Waals surface area contributed by atoms with E-state index in [4.69, 9.17) is 4.74 Å². The summed E-state index contributed by atoms with van der Waals surface area (Å²) >= 11 is 0. The van der Waals surface area contributed by atoms with Gasteiger partial charge in [0.25, 0.3) is 0 Å². The number of hydrogen-bond acceptors (Lipinski definition) is 2. The van der Waals surface area contributed by atoms with Crippen molar-refractivity contribution in [3.63, 3.8) is 0 Å². The van der Waals surface area contributed by atoms with Crippen LogP contribution in [0.2, 0.25) is 0 Å². The normalized spacial score (nSPS) is 8.23. The zero-order chi connectivity index (χ0) is 10.1. The largest absolute Gasteiger partial charge is 0.461 e. The zero-order valence-electron chi connectivity index (χ0n) is 8.41. The molecule has 2 heteroatoms. The van der Waals surface area contributed by atoms with Crippen molar-refractivity contribution in [2.75, 3.05) is 0 Å². The van der Waals surface area contributed by atoms with E-state index < -0.39 is 0 Å². The Balaban J connectivity index is 0. The van der Waals surface area contributed by atoms with Crippen LogP contribution in [-0.4, -0.2) is 5.97 Å². The highest BCUT2D eigenvalue weighted by Gasteiger charge is 1.93. The van der Waals surface area contributed by atoms with E-state index in [9.17, 15) is 4.79 Å². The average Bonchev–Trinajstić information content (AvgIpc) is 2.19. The van der Waals surface area contributed by atoms with Crippen molar-refractivity contribution >= 4 is 5.97 Å². The second-order valence-electron chi connectivity index (χ2n) is 2.27. The Morgan fingerprint density at radius 3 is 2.31 bits per heavy atom. The van der Waals surface area contributed by atoms with Gasteiger partial charge >= 0.3 is 5.97 Å². The molecule has 2 nitrogen and oxygen atoms in total. The summed E-state index contributed by atoms with van der Waals surface area (Å²) in [5, 5.41) is 0. The van der Waals surface area contributed by atoms with Gasteiger partial charge in [-0.05, 0) is 5.56 Å². The lowest BCUT2D eigenvalue weighted by molar-refractivity contribution is -0.142. The third-order valence-corrected chi connectivity index (χ3v) is 1.28. The van der Waals surface area contributed by atoms with Gasteiger partial charge in [-0.3, -0.25) is 4.79 Å². The highest BCUT2D eigenvalue weighted by molar-refractivity contribution is 5.65. The predicted octanol–water partition coefficient (Wildman–Crippen LogP) is 3.02. The van der Waals surface area contributed by atoms with Crippen LogP contribution in [-0.2, 0) is 16.1 Å². The lowest BCUT2D eigenvalue weighted by Crippen LogP contribution is -1.97. The monoisotopic (exact) mass is 182 g/mol. The Labute approximate surface area is 81.0 Å². The number of hydrogen-bond donors (Lipinski definition) is 0. The van der Waals surface area contributed by atoms with Gasteiger partial charge in [0.05, 0.1) is 0 Å². The minimum Gasteiger partial charge on any atom is -0.461 e. The number of carbonyl (C=O) groups is 1. The third-order valence-electron chi connectivity index (χ3n) is 1.28. The van der Waals surface area contributed by atoms with Crippen LogP contribution in [0.1, 0.15) is 27.8 Å². The highest BCUT2D eigenvalue weighted by atomic mass is 16.5. The maximum atomic E-state index is 10.4. The maximum Gasteiger partial charge on any atom is 0.302 e. The van der Waals surface area contributed by atoms with Gasteiger partial charge in [0.2, 0.25) is 0 Å². The van der Waals surface area contributed by atoms with Crippen LogP contribution >= 0.6 is 0 Å². The molecule has 0 amide bonds. The Morgan fingerprint density at radius 1 is 1.31 bits per heavy atom. The Morgan fingerprint density at radius 2 is 1.85 bits per heavy atom. The molecule has 0 saturated carbocycles. The van der Waals surface area contributed by atoms with E-state index in [1.165, 1.54) is 6.92 Å². The molecule has 0 heterocycles. The molecule has 0 N–H and O–H groups in total. The molecule has 1 rings (SSSR count). The van der Waals surface area contributed by atoms with Crippen molar-refractivity contribution in [1.29, 1.82) is 0 Å². The molecule has 0 fully saturated rings. The minimum absolute atomic E-state index is 0. The molecular formula is C11H18O2. The van der Waals surface area contributed by atoms with Gasteiger partial charge in [-0.1, -0.05) is 44.2 Å². The first kappa shape index (κ1) is 11.7.